The first kappa shape index (κ1) is 10.6. The smallest absolute Gasteiger partial charge is 0.0380 e. The highest BCUT2D eigenvalue weighted by atomic mass is 79.9. The summed E-state index contributed by atoms with van der Waals surface area (Å²) in [5.74, 6) is 0.943. The number of hydrogen-bond acceptors (Lipinski definition) is 2. The molecule has 2 atom stereocenters. The minimum atomic E-state index is 0.604. The first-order valence-corrected chi connectivity index (χ1v) is 6.82. The Morgan fingerprint density at radius 1 is 1.38 bits per heavy atom. The Morgan fingerprint density at radius 3 is 2.81 bits per heavy atom. The van der Waals surface area contributed by atoms with Crippen molar-refractivity contribution in [2.45, 2.75) is 31.8 Å². The predicted octanol–water partition coefficient (Wildman–Crippen LogP) is 2.90. The van der Waals surface area contributed by atoms with E-state index in [4.69, 9.17) is 5.73 Å². The molecule has 1 saturated heterocycles. The Balaban J connectivity index is 1.87. The Labute approximate surface area is 105 Å². The summed E-state index contributed by atoms with van der Waals surface area (Å²) in [6.07, 6.45) is 4.21. The highest BCUT2D eigenvalue weighted by molar-refractivity contribution is 9.10. The maximum atomic E-state index is 5.67. The number of fused-ring (bicyclic) bond motifs is 2. The number of halogens is 1. The van der Waals surface area contributed by atoms with Crippen LogP contribution in [0.25, 0.3) is 0 Å². The molecular weight excluding hydrogens is 264 g/mol. The van der Waals surface area contributed by atoms with Crippen molar-refractivity contribution in [1.29, 1.82) is 0 Å². The number of piperidine rings is 1. The van der Waals surface area contributed by atoms with Crippen molar-refractivity contribution in [1.82, 2.24) is 0 Å². The van der Waals surface area contributed by atoms with Gasteiger partial charge in [0, 0.05) is 29.3 Å². The molecule has 0 spiro atoms. The average Bonchev–Trinajstić information content (AvgIpc) is 2.90. The van der Waals surface area contributed by atoms with Gasteiger partial charge in [0.2, 0.25) is 0 Å². The second-order valence-electron chi connectivity index (χ2n) is 4.97. The molecule has 1 aromatic rings. The zero-order valence-electron chi connectivity index (χ0n) is 9.32. The van der Waals surface area contributed by atoms with E-state index < -0.39 is 0 Å². The summed E-state index contributed by atoms with van der Waals surface area (Å²) in [5, 5.41) is 0. The zero-order valence-corrected chi connectivity index (χ0v) is 10.9. The fourth-order valence-electron chi connectivity index (χ4n) is 3.12. The maximum absolute atomic E-state index is 5.67. The molecule has 0 amide bonds. The number of anilines is 1. The van der Waals surface area contributed by atoms with Gasteiger partial charge in [0.25, 0.3) is 0 Å². The third kappa shape index (κ3) is 1.66. The lowest BCUT2D eigenvalue weighted by molar-refractivity contribution is 0.553. The van der Waals surface area contributed by atoms with Crippen LogP contribution in [0.15, 0.2) is 22.7 Å². The molecule has 1 saturated carbocycles. The third-order valence-electron chi connectivity index (χ3n) is 4.00. The summed E-state index contributed by atoms with van der Waals surface area (Å²) < 4.78 is 1.15. The largest absolute Gasteiger partial charge is 0.368 e. The monoisotopic (exact) mass is 280 g/mol. The second-order valence-corrected chi connectivity index (χ2v) is 5.82. The summed E-state index contributed by atoms with van der Waals surface area (Å²) in [7, 11) is 0. The normalized spacial score (nSPS) is 27.8. The highest BCUT2D eigenvalue weighted by Gasteiger charge is 2.37. The van der Waals surface area contributed by atoms with Crippen LogP contribution < -0.4 is 10.6 Å². The van der Waals surface area contributed by atoms with Gasteiger partial charge in [0.05, 0.1) is 0 Å². The fraction of sp³-hybridized carbons (Fsp3) is 0.538. The van der Waals surface area contributed by atoms with Crippen LogP contribution in [-0.2, 0) is 6.54 Å². The lowest BCUT2D eigenvalue weighted by atomic mass is 10.1. The first-order valence-electron chi connectivity index (χ1n) is 6.03. The summed E-state index contributed by atoms with van der Waals surface area (Å²) >= 11 is 3.60. The number of benzene rings is 1. The van der Waals surface area contributed by atoms with Crippen molar-refractivity contribution in [3.05, 3.63) is 28.2 Å². The Bertz CT molecular complexity index is 405. The van der Waals surface area contributed by atoms with E-state index in [0.29, 0.717) is 6.54 Å². The van der Waals surface area contributed by atoms with E-state index in [-0.39, 0.29) is 0 Å². The van der Waals surface area contributed by atoms with Gasteiger partial charge in [-0.1, -0.05) is 22.0 Å². The van der Waals surface area contributed by atoms with E-state index in [2.05, 4.69) is 39.0 Å². The molecule has 0 aromatic heterocycles. The molecule has 1 heterocycles. The van der Waals surface area contributed by atoms with E-state index in [1.807, 2.05) is 0 Å². The molecule has 2 aliphatic rings. The molecule has 2 bridgehead atoms. The Morgan fingerprint density at radius 2 is 2.25 bits per heavy atom. The SMILES string of the molecule is NCc1ccc(N2CC3CCC2C3)cc1Br. The van der Waals surface area contributed by atoms with Crippen LogP contribution in [0, 0.1) is 5.92 Å². The van der Waals surface area contributed by atoms with Gasteiger partial charge in [0.1, 0.15) is 0 Å². The maximum Gasteiger partial charge on any atom is 0.0380 e. The van der Waals surface area contributed by atoms with E-state index in [1.165, 1.54) is 37.1 Å². The summed E-state index contributed by atoms with van der Waals surface area (Å²) in [6, 6.07) is 7.38. The van der Waals surface area contributed by atoms with Crippen LogP contribution in [0.5, 0.6) is 0 Å². The van der Waals surface area contributed by atoms with Gasteiger partial charge in [-0.15, -0.1) is 0 Å². The van der Waals surface area contributed by atoms with Crippen LogP contribution in [-0.4, -0.2) is 12.6 Å². The van der Waals surface area contributed by atoms with Crippen molar-refractivity contribution >= 4 is 21.6 Å². The van der Waals surface area contributed by atoms with E-state index in [1.54, 1.807) is 0 Å². The van der Waals surface area contributed by atoms with Crippen LogP contribution >= 0.6 is 15.9 Å². The average molecular weight is 281 g/mol. The molecule has 3 heteroatoms. The molecule has 1 aromatic carbocycles. The molecule has 3 rings (SSSR count). The fourth-order valence-corrected chi connectivity index (χ4v) is 3.65. The molecule has 2 unspecified atom stereocenters. The number of nitrogens with zero attached hydrogens (tertiary/aromatic N) is 1. The molecule has 2 fully saturated rings. The van der Waals surface area contributed by atoms with Gasteiger partial charge in [-0.2, -0.15) is 0 Å². The topological polar surface area (TPSA) is 29.3 Å². The number of rotatable bonds is 2. The Kier molecular flexibility index (Phi) is 2.68. The van der Waals surface area contributed by atoms with Crippen molar-refractivity contribution < 1.29 is 0 Å². The quantitative estimate of drug-likeness (QED) is 0.903. The molecule has 86 valence electrons. The third-order valence-corrected chi connectivity index (χ3v) is 4.74. The summed E-state index contributed by atoms with van der Waals surface area (Å²) in [6.45, 7) is 1.85. The molecule has 16 heavy (non-hydrogen) atoms. The summed E-state index contributed by atoms with van der Waals surface area (Å²) in [4.78, 5) is 2.57. The van der Waals surface area contributed by atoms with Crippen molar-refractivity contribution in [2.75, 3.05) is 11.4 Å². The van der Waals surface area contributed by atoms with Crippen LogP contribution in [0.4, 0.5) is 5.69 Å². The van der Waals surface area contributed by atoms with Gasteiger partial charge in [-0.05, 0) is 42.9 Å². The number of nitrogens with two attached hydrogens (primary N) is 1. The first-order chi connectivity index (χ1) is 7.78. The van der Waals surface area contributed by atoms with Gasteiger partial charge >= 0.3 is 0 Å². The minimum absolute atomic E-state index is 0.604. The minimum Gasteiger partial charge on any atom is -0.368 e. The summed E-state index contributed by atoms with van der Waals surface area (Å²) in [5.41, 5.74) is 8.22. The second kappa shape index (κ2) is 4.04. The Hall–Kier alpha value is -0.540. The molecule has 0 radical (unpaired) electrons. The molecule has 1 aliphatic carbocycles. The lowest BCUT2D eigenvalue weighted by Gasteiger charge is -2.29. The van der Waals surface area contributed by atoms with E-state index >= 15 is 0 Å². The van der Waals surface area contributed by atoms with Gasteiger partial charge in [-0.25, -0.2) is 0 Å². The van der Waals surface area contributed by atoms with Crippen LogP contribution in [0.3, 0.4) is 0 Å². The van der Waals surface area contributed by atoms with E-state index in [9.17, 15) is 0 Å². The van der Waals surface area contributed by atoms with Gasteiger partial charge in [-0.3, -0.25) is 0 Å². The standard InChI is InChI=1S/C13H17BrN2/c14-13-6-12(4-2-10(13)7-15)16-8-9-1-3-11(16)5-9/h2,4,6,9,11H,1,3,5,7-8,15H2. The predicted molar refractivity (Wildman–Crippen MR) is 70.5 cm³/mol. The zero-order chi connectivity index (χ0) is 11.1. The van der Waals surface area contributed by atoms with Crippen molar-refractivity contribution in [3.63, 3.8) is 0 Å². The van der Waals surface area contributed by atoms with Crippen molar-refractivity contribution in [2.24, 2.45) is 11.7 Å². The highest BCUT2D eigenvalue weighted by Crippen LogP contribution is 2.40. The van der Waals surface area contributed by atoms with Gasteiger partial charge in [0.15, 0.2) is 0 Å². The molecule has 2 nitrogen and oxygen atoms in total. The molecule has 2 N–H and O–H groups in total. The molecule has 1 aliphatic heterocycles. The van der Waals surface area contributed by atoms with Gasteiger partial charge < -0.3 is 10.6 Å². The van der Waals surface area contributed by atoms with Crippen LogP contribution in [0.1, 0.15) is 24.8 Å². The van der Waals surface area contributed by atoms with Crippen LogP contribution in [0.2, 0.25) is 0 Å². The lowest BCUT2D eigenvalue weighted by Crippen LogP contribution is -2.31. The van der Waals surface area contributed by atoms with Crippen molar-refractivity contribution in [3.8, 4) is 0 Å². The number of hydrogen-bond donors (Lipinski definition) is 1. The van der Waals surface area contributed by atoms with E-state index in [0.717, 1.165) is 16.4 Å². The molecular formula is C13H17BrN2.